The summed E-state index contributed by atoms with van der Waals surface area (Å²) in [6.45, 7) is 3.13. The van der Waals surface area contributed by atoms with E-state index < -0.39 is 5.54 Å². The Morgan fingerprint density at radius 1 is 1.46 bits per heavy atom. The lowest BCUT2D eigenvalue weighted by Crippen LogP contribution is -2.49. The fourth-order valence-corrected chi connectivity index (χ4v) is 4.40. The quantitative estimate of drug-likeness (QED) is 0.906. The number of rotatable bonds is 4. The number of aromatic nitrogens is 2. The van der Waals surface area contributed by atoms with Gasteiger partial charge >= 0.3 is 0 Å². The second-order valence-corrected chi connectivity index (χ2v) is 7.35. The number of halogens is 1. The molecule has 0 aromatic carbocycles. The molecule has 2 heterocycles. The van der Waals surface area contributed by atoms with Crippen LogP contribution in [-0.4, -0.2) is 39.2 Å². The van der Waals surface area contributed by atoms with Gasteiger partial charge in [-0.2, -0.15) is 10.4 Å². The number of carbonyl (C=O) groups excluding carboxylic acids is 1. The third-order valence-corrected chi connectivity index (χ3v) is 5.74. The molecule has 3 rings (SSSR count). The van der Waals surface area contributed by atoms with Crippen molar-refractivity contribution in [1.29, 1.82) is 5.26 Å². The van der Waals surface area contributed by atoms with E-state index in [-0.39, 0.29) is 11.9 Å². The van der Waals surface area contributed by atoms with Crippen molar-refractivity contribution in [2.75, 3.05) is 13.1 Å². The largest absolute Gasteiger partial charge is 0.337 e. The van der Waals surface area contributed by atoms with Crippen LogP contribution in [0, 0.1) is 18.3 Å². The number of aryl methyl sites for hydroxylation is 2. The van der Waals surface area contributed by atoms with Crippen LogP contribution in [0.5, 0.6) is 0 Å². The Hall–Kier alpha value is -1.58. The van der Waals surface area contributed by atoms with Crippen LogP contribution in [0.3, 0.4) is 0 Å². The number of hydrogen-bond acceptors (Lipinski definition) is 4. The molecule has 1 aliphatic heterocycles. The molecule has 1 N–H and O–H groups in total. The summed E-state index contributed by atoms with van der Waals surface area (Å²) in [6, 6.07) is 2.44. The smallest absolute Gasteiger partial charge is 0.235 e. The van der Waals surface area contributed by atoms with Gasteiger partial charge in [-0.05, 0) is 52.0 Å². The third kappa shape index (κ3) is 3.15. The van der Waals surface area contributed by atoms with Crippen molar-refractivity contribution in [3.05, 3.63) is 16.4 Å². The van der Waals surface area contributed by atoms with Gasteiger partial charge in [0, 0.05) is 18.7 Å². The van der Waals surface area contributed by atoms with Crippen molar-refractivity contribution in [3.8, 4) is 6.07 Å². The van der Waals surface area contributed by atoms with Gasteiger partial charge in [-0.1, -0.05) is 11.6 Å². The lowest BCUT2D eigenvalue weighted by atomic mass is 10.00. The van der Waals surface area contributed by atoms with Crippen molar-refractivity contribution < 1.29 is 4.79 Å². The monoisotopic (exact) mass is 349 g/mol. The molecule has 0 radical (unpaired) electrons. The number of amides is 1. The molecular formula is C17H24ClN5O. The minimum atomic E-state index is -0.659. The topological polar surface area (TPSA) is 74.0 Å². The van der Waals surface area contributed by atoms with Gasteiger partial charge in [-0.15, -0.1) is 0 Å². The van der Waals surface area contributed by atoms with Crippen molar-refractivity contribution in [2.45, 2.75) is 57.0 Å². The molecule has 1 aromatic heterocycles. The highest BCUT2D eigenvalue weighted by molar-refractivity contribution is 6.30. The van der Waals surface area contributed by atoms with Gasteiger partial charge in [-0.3, -0.25) is 14.4 Å². The summed E-state index contributed by atoms with van der Waals surface area (Å²) in [5, 5.41) is 17.4. The lowest BCUT2D eigenvalue weighted by molar-refractivity contribution is -0.123. The molecule has 0 bridgehead atoms. The molecule has 1 saturated heterocycles. The van der Waals surface area contributed by atoms with Crippen LogP contribution in [0.15, 0.2) is 0 Å². The number of likely N-dealkylation sites (tertiary alicyclic amines) is 1. The average Bonchev–Trinajstić information content (AvgIpc) is 3.22. The fraction of sp³-hybridized carbons (Fsp3) is 0.706. The summed E-state index contributed by atoms with van der Waals surface area (Å²) in [7, 11) is 1.83. The normalized spacial score (nSPS) is 23.3. The first kappa shape index (κ1) is 17.2. The number of nitrogens with zero attached hydrogens (tertiary/aromatic N) is 4. The van der Waals surface area contributed by atoms with E-state index in [2.05, 4.69) is 21.4 Å². The molecule has 2 aliphatic rings. The minimum Gasteiger partial charge on any atom is -0.337 e. The minimum absolute atomic E-state index is 0.0667. The summed E-state index contributed by atoms with van der Waals surface area (Å²) in [4.78, 5) is 14.7. The molecule has 2 fully saturated rings. The first-order valence-electron chi connectivity index (χ1n) is 8.61. The summed E-state index contributed by atoms with van der Waals surface area (Å²) >= 11 is 6.41. The summed E-state index contributed by atoms with van der Waals surface area (Å²) < 4.78 is 1.69. The van der Waals surface area contributed by atoms with Gasteiger partial charge in [0.25, 0.3) is 0 Å². The SMILES string of the molecule is Cc1nn(C)c(Cl)c1[C@H]1CCCN1CC(=O)NC1(C#N)CCCC1. The standard InChI is InChI=1S/C17H24ClN5O/c1-12-15(16(18)22(2)21-12)13-6-5-9-23(13)10-14(24)20-17(11-19)7-3-4-8-17/h13H,3-10H2,1-2H3,(H,20,24)/t13-/m1/s1. The highest BCUT2D eigenvalue weighted by Crippen LogP contribution is 2.37. The van der Waals surface area contributed by atoms with Crippen LogP contribution < -0.4 is 5.32 Å². The zero-order chi connectivity index (χ0) is 17.3. The van der Waals surface area contributed by atoms with Crippen LogP contribution >= 0.6 is 11.6 Å². The summed E-state index contributed by atoms with van der Waals surface area (Å²) in [5.41, 5.74) is 1.29. The molecule has 1 atom stereocenters. The molecule has 1 aromatic rings. The number of nitriles is 1. The first-order chi connectivity index (χ1) is 11.5. The van der Waals surface area contributed by atoms with Crippen molar-refractivity contribution in [3.63, 3.8) is 0 Å². The molecule has 0 spiro atoms. The third-order valence-electron chi connectivity index (χ3n) is 5.29. The van der Waals surface area contributed by atoms with E-state index in [0.29, 0.717) is 11.7 Å². The van der Waals surface area contributed by atoms with Gasteiger partial charge in [-0.25, -0.2) is 0 Å². The zero-order valence-corrected chi connectivity index (χ0v) is 15.1. The predicted molar refractivity (Wildman–Crippen MR) is 91.5 cm³/mol. The molecule has 6 nitrogen and oxygen atoms in total. The highest BCUT2D eigenvalue weighted by Gasteiger charge is 2.37. The Morgan fingerprint density at radius 2 is 2.17 bits per heavy atom. The van der Waals surface area contributed by atoms with Crippen molar-refractivity contribution >= 4 is 17.5 Å². The maximum Gasteiger partial charge on any atom is 0.235 e. The van der Waals surface area contributed by atoms with E-state index in [1.807, 2.05) is 14.0 Å². The zero-order valence-electron chi connectivity index (χ0n) is 14.3. The highest BCUT2D eigenvalue weighted by atomic mass is 35.5. The van der Waals surface area contributed by atoms with E-state index in [0.717, 1.165) is 56.3 Å². The van der Waals surface area contributed by atoms with Crippen molar-refractivity contribution in [2.24, 2.45) is 7.05 Å². The Kier molecular flexibility index (Phi) is 4.84. The average molecular weight is 350 g/mol. The van der Waals surface area contributed by atoms with Gasteiger partial charge < -0.3 is 5.32 Å². The van der Waals surface area contributed by atoms with Crippen LogP contribution in [0.25, 0.3) is 0 Å². The van der Waals surface area contributed by atoms with Crippen LogP contribution in [-0.2, 0) is 11.8 Å². The van der Waals surface area contributed by atoms with Crippen LogP contribution in [0.1, 0.15) is 55.8 Å². The number of nitrogens with one attached hydrogen (secondary N) is 1. The molecule has 1 amide bonds. The Morgan fingerprint density at radius 3 is 2.75 bits per heavy atom. The maximum atomic E-state index is 12.5. The molecule has 24 heavy (non-hydrogen) atoms. The Labute approximate surface area is 147 Å². The summed E-state index contributed by atoms with van der Waals surface area (Å²) in [6.07, 6.45) is 5.53. The van der Waals surface area contributed by atoms with Crippen molar-refractivity contribution in [1.82, 2.24) is 20.0 Å². The Balaban J connectivity index is 1.70. The predicted octanol–water partition coefficient (Wildman–Crippen LogP) is 2.47. The maximum absolute atomic E-state index is 12.5. The van der Waals surface area contributed by atoms with E-state index >= 15 is 0 Å². The first-order valence-corrected chi connectivity index (χ1v) is 8.99. The molecule has 0 unspecified atom stereocenters. The van der Waals surface area contributed by atoms with Gasteiger partial charge in [0.15, 0.2) is 0 Å². The molecule has 130 valence electrons. The molecular weight excluding hydrogens is 326 g/mol. The van der Waals surface area contributed by atoms with E-state index in [1.165, 1.54) is 0 Å². The molecule has 1 saturated carbocycles. The van der Waals surface area contributed by atoms with Crippen LogP contribution in [0.4, 0.5) is 0 Å². The molecule has 1 aliphatic carbocycles. The Bertz CT molecular complexity index is 671. The van der Waals surface area contributed by atoms with E-state index in [4.69, 9.17) is 11.6 Å². The van der Waals surface area contributed by atoms with E-state index in [9.17, 15) is 10.1 Å². The van der Waals surface area contributed by atoms with Gasteiger partial charge in [0.1, 0.15) is 10.7 Å². The second kappa shape index (κ2) is 6.73. The van der Waals surface area contributed by atoms with Crippen LogP contribution in [0.2, 0.25) is 5.15 Å². The molecule has 7 heteroatoms. The lowest BCUT2D eigenvalue weighted by Gasteiger charge is -2.27. The number of carbonyl (C=O) groups is 1. The van der Waals surface area contributed by atoms with Gasteiger partial charge in [0.2, 0.25) is 5.91 Å². The fourth-order valence-electron chi connectivity index (χ4n) is 4.10. The van der Waals surface area contributed by atoms with Gasteiger partial charge in [0.05, 0.1) is 18.3 Å². The second-order valence-electron chi connectivity index (χ2n) is 6.99. The summed E-state index contributed by atoms with van der Waals surface area (Å²) in [5.74, 6) is -0.0667. The van der Waals surface area contributed by atoms with E-state index in [1.54, 1.807) is 4.68 Å². The number of hydrogen-bond donors (Lipinski definition) is 1.